The summed E-state index contributed by atoms with van der Waals surface area (Å²) in [4.78, 5) is 20.8. The molecule has 0 amide bonds. The average molecular weight is 195 g/mol. The van der Waals surface area contributed by atoms with Gasteiger partial charge in [0.2, 0.25) is 5.82 Å². The summed E-state index contributed by atoms with van der Waals surface area (Å²) in [6.45, 7) is 0. The molecule has 72 valence electrons. The number of carbonyl (C=O) groups excluding carboxylic acids is 1. The fraction of sp³-hybridized carbons (Fsp3) is 0.222. The van der Waals surface area contributed by atoms with Crippen LogP contribution in [0.25, 0.3) is 0 Å². The predicted molar refractivity (Wildman–Crippen MR) is 45.7 cm³/mol. The smallest absolute Gasteiger partial charge is 0.294 e. The zero-order valence-electron chi connectivity index (χ0n) is 7.12. The standard InChI is InChI=1S/C9H6FNO3/c10-7-3-5-1-2-9(12)6(5)4-8(7)11(13)14/h3-4H,1-2H2. The van der Waals surface area contributed by atoms with Gasteiger partial charge in [-0.2, -0.15) is 4.39 Å². The molecule has 0 aliphatic heterocycles. The third-order valence-corrected chi connectivity index (χ3v) is 2.29. The lowest BCUT2D eigenvalue weighted by molar-refractivity contribution is -0.387. The Morgan fingerprint density at radius 2 is 2.07 bits per heavy atom. The lowest BCUT2D eigenvalue weighted by Crippen LogP contribution is -1.97. The first-order chi connectivity index (χ1) is 6.59. The first-order valence-electron chi connectivity index (χ1n) is 4.09. The van der Waals surface area contributed by atoms with Gasteiger partial charge in [0.05, 0.1) is 4.92 Å². The molecule has 0 saturated carbocycles. The number of fused-ring (bicyclic) bond motifs is 1. The van der Waals surface area contributed by atoms with Crippen molar-refractivity contribution in [1.29, 1.82) is 0 Å². The van der Waals surface area contributed by atoms with Gasteiger partial charge in [0.25, 0.3) is 0 Å². The second kappa shape index (κ2) is 2.87. The molecule has 2 rings (SSSR count). The lowest BCUT2D eigenvalue weighted by atomic mass is 10.1. The van der Waals surface area contributed by atoms with E-state index in [1.54, 1.807) is 0 Å². The van der Waals surface area contributed by atoms with E-state index in [9.17, 15) is 19.3 Å². The number of halogens is 1. The van der Waals surface area contributed by atoms with Crippen molar-refractivity contribution in [3.8, 4) is 0 Å². The zero-order chi connectivity index (χ0) is 10.3. The topological polar surface area (TPSA) is 60.2 Å². The molecule has 1 aromatic rings. The molecule has 0 spiro atoms. The van der Waals surface area contributed by atoms with Crippen molar-refractivity contribution in [1.82, 2.24) is 0 Å². The Hall–Kier alpha value is -1.78. The molecular weight excluding hydrogens is 189 g/mol. The van der Waals surface area contributed by atoms with Crippen LogP contribution in [0.4, 0.5) is 10.1 Å². The molecular formula is C9H6FNO3. The fourth-order valence-electron chi connectivity index (χ4n) is 1.59. The summed E-state index contributed by atoms with van der Waals surface area (Å²) < 4.78 is 13.1. The van der Waals surface area contributed by atoms with Crippen molar-refractivity contribution < 1.29 is 14.1 Å². The molecule has 1 aliphatic rings. The number of hydrogen-bond acceptors (Lipinski definition) is 3. The van der Waals surface area contributed by atoms with Crippen molar-refractivity contribution in [2.24, 2.45) is 0 Å². The highest BCUT2D eigenvalue weighted by atomic mass is 19.1. The summed E-state index contributed by atoms with van der Waals surface area (Å²) in [6, 6.07) is 2.11. The first kappa shape index (κ1) is 8.80. The van der Waals surface area contributed by atoms with E-state index in [1.807, 2.05) is 0 Å². The molecule has 5 heteroatoms. The van der Waals surface area contributed by atoms with Crippen molar-refractivity contribution in [3.63, 3.8) is 0 Å². The molecule has 0 unspecified atom stereocenters. The number of aryl methyl sites for hydroxylation is 1. The monoisotopic (exact) mass is 195 g/mol. The molecule has 0 aromatic heterocycles. The number of benzene rings is 1. The quantitative estimate of drug-likeness (QED) is 0.507. The average Bonchev–Trinajstić information content (AvgIpc) is 2.46. The molecule has 0 heterocycles. The van der Waals surface area contributed by atoms with Crippen LogP contribution in [0.2, 0.25) is 0 Å². The van der Waals surface area contributed by atoms with Crippen LogP contribution >= 0.6 is 0 Å². The number of Topliss-reactive ketones (excluding diaryl/α,β-unsaturated/α-hetero) is 1. The largest absolute Gasteiger partial charge is 0.305 e. The third-order valence-electron chi connectivity index (χ3n) is 2.29. The molecule has 1 aromatic carbocycles. The van der Waals surface area contributed by atoms with E-state index in [0.717, 1.165) is 12.1 Å². The van der Waals surface area contributed by atoms with Gasteiger partial charge in [-0.1, -0.05) is 0 Å². The Morgan fingerprint density at radius 3 is 2.71 bits per heavy atom. The number of ketones is 1. The lowest BCUT2D eigenvalue weighted by Gasteiger charge is -1.98. The molecule has 0 N–H and O–H groups in total. The second-order valence-corrected chi connectivity index (χ2v) is 3.14. The fourth-order valence-corrected chi connectivity index (χ4v) is 1.59. The van der Waals surface area contributed by atoms with E-state index < -0.39 is 16.4 Å². The summed E-state index contributed by atoms with van der Waals surface area (Å²) in [5.74, 6) is -1.02. The van der Waals surface area contributed by atoms with Crippen LogP contribution in [-0.4, -0.2) is 10.7 Å². The summed E-state index contributed by atoms with van der Waals surface area (Å²) in [7, 11) is 0. The molecule has 1 aliphatic carbocycles. The number of nitro groups is 1. The Labute approximate surface area is 78.5 Å². The van der Waals surface area contributed by atoms with E-state index in [0.29, 0.717) is 18.4 Å². The van der Waals surface area contributed by atoms with E-state index >= 15 is 0 Å². The van der Waals surface area contributed by atoms with Gasteiger partial charge >= 0.3 is 5.69 Å². The summed E-state index contributed by atoms with van der Waals surface area (Å²) in [6.07, 6.45) is 0.791. The Balaban J connectivity index is 2.62. The number of carbonyl (C=O) groups is 1. The summed E-state index contributed by atoms with van der Waals surface area (Å²) in [5.41, 5.74) is 0.232. The van der Waals surface area contributed by atoms with Gasteiger partial charge in [0.15, 0.2) is 5.78 Å². The van der Waals surface area contributed by atoms with Gasteiger partial charge < -0.3 is 0 Å². The van der Waals surface area contributed by atoms with E-state index in [1.165, 1.54) is 0 Å². The number of nitrogens with zero attached hydrogens (tertiary/aromatic N) is 1. The minimum Gasteiger partial charge on any atom is -0.294 e. The van der Waals surface area contributed by atoms with Crippen molar-refractivity contribution in [2.75, 3.05) is 0 Å². The number of nitro benzene ring substituents is 1. The van der Waals surface area contributed by atoms with Crippen LogP contribution in [-0.2, 0) is 6.42 Å². The summed E-state index contributed by atoms with van der Waals surface area (Å²) in [5, 5.41) is 10.4. The highest BCUT2D eigenvalue weighted by molar-refractivity contribution is 6.00. The first-order valence-corrected chi connectivity index (χ1v) is 4.09. The molecule has 0 bridgehead atoms. The Bertz CT molecular complexity index is 441. The van der Waals surface area contributed by atoms with Crippen LogP contribution in [0.5, 0.6) is 0 Å². The highest BCUT2D eigenvalue weighted by Crippen LogP contribution is 2.28. The van der Waals surface area contributed by atoms with E-state index in [4.69, 9.17) is 0 Å². The van der Waals surface area contributed by atoms with Crippen LogP contribution in [0.1, 0.15) is 22.3 Å². The van der Waals surface area contributed by atoms with Crippen LogP contribution in [0.15, 0.2) is 12.1 Å². The van der Waals surface area contributed by atoms with E-state index in [-0.39, 0.29) is 11.3 Å². The second-order valence-electron chi connectivity index (χ2n) is 3.14. The van der Waals surface area contributed by atoms with Crippen LogP contribution in [0.3, 0.4) is 0 Å². The van der Waals surface area contributed by atoms with Gasteiger partial charge in [0, 0.05) is 18.1 Å². The number of hydrogen-bond donors (Lipinski definition) is 0. The maximum atomic E-state index is 13.1. The van der Waals surface area contributed by atoms with Crippen LogP contribution in [0, 0.1) is 15.9 Å². The molecule has 0 fully saturated rings. The molecule has 0 atom stereocenters. The Morgan fingerprint density at radius 1 is 1.36 bits per heavy atom. The highest BCUT2D eigenvalue weighted by Gasteiger charge is 2.25. The normalized spacial score (nSPS) is 14.2. The molecule has 4 nitrogen and oxygen atoms in total. The van der Waals surface area contributed by atoms with Crippen LogP contribution < -0.4 is 0 Å². The van der Waals surface area contributed by atoms with Crippen molar-refractivity contribution in [3.05, 3.63) is 39.2 Å². The van der Waals surface area contributed by atoms with E-state index in [2.05, 4.69) is 0 Å². The SMILES string of the molecule is O=C1CCc2cc(F)c([N+](=O)[O-])cc21. The minimum atomic E-state index is -0.872. The van der Waals surface area contributed by atoms with Crippen molar-refractivity contribution >= 4 is 11.5 Å². The maximum absolute atomic E-state index is 13.1. The Kier molecular flexibility index (Phi) is 1.80. The van der Waals surface area contributed by atoms with Gasteiger partial charge in [0.1, 0.15) is 0 Å². The summed E-state index contributed by atoms with van der Waals surface area (Å²) >= 11 is 0. The molecule has 14 heavy (non-hydrogen) atoms. The molecule has 0 radical (unpaired) electrons. The predicted octanol–water partition coefficient (Wildman–Crippen LogP) is 1.86. The molecule has 0 saturated heterocycles. The van der Waals surface area contributed by atoms with Gasteiger partial charge in [-0.25, -0.2) is 0 Å². The van der Waals surface area contributed by atoms with Gasteiger partial charge in [-0.05, 0) is 18.1 Å². The number of rotatable bonds is 1. The van der Waals surface area contributed by atoms with Gasteiger partial charge in [-0.3, -0.25) is 14.9 Å². The maximum Gasteiger partial charge on any atom is 0.305 e. The minimum absolute atomic E-state index is 0.150. The van der Waals surface area contributed by atoms with Gasteiger partial charge in [-0.15, -0.1) is 0 Å². The zero-order valence-corrected chi connectivity index (χ0v) is 7.12. The van der Waals surface area contributed by atoms with Crippen molar-refractivity contribution in [2.45, 2.75) is 12.8 Å². The third kappa shape index (κ3) is 1.17.